The summed E-state index contributed by atoms with van der Waals surface area (Å²) < 4.78 is 0. The minimum absolute atomic E-state index is 0. The monoisotopic (exact) mass is 260 g/mol. The molecule has 2 aromatic carbocycles. The van der Waals surface area contributed by atoms with E-state index in [1.54, 1.807) is 6.92 Å². The van der Waals surface area contributed by atoms with Crippen LogP contribution in [0, 0.1) is 6.92 Å². The van der Waals surface area contributed by atoms with E-state index in [2.05, 4.69) is 12.2 Å². The van der Waals surface area contributed by atoms with Crippen molar-refractivity contribution in [3.05, 3.63) is 67.6 Å². The zero-order valence-electron chi connectivity index (χ0n) is 10.3. The molecule has 0 atom stereocenters. The molecule has 0 bridgehead atoms. The van der Waals surface area contributed by atoms with Gasteiger partial charge in [0, 0.05) is 0 Å². The minimum Gasteiger partial charge on any atom is -0.346 e. The van der Waals surface area contributed by atoms with E-state index in [4.69, 9.17) is 0 Å². The van der Waals surface area contributed by atoms with Gasteiger partial charge in [0.2, 0.25) is 0 Å². The molecule has 1 N–H and O–H groups in total. The van der Waals surface area contributed by atoms with E-state index in [-0.39, 0.29) is 17.1 Å². The molecule has 0 aliphatic rings. The van der Waals surface area contributed by atoms with Crippen LogP contribution < -0.4 is 5.32 Å². The second-order valence-electron chi connectivity index (χ2n) is 2.42. The maximum Gasteiger partial charge on any atom is 3.00 e. The SMILES string of the molecule is CNC.[CH2-]C.[Fe+3].c1cc[cH-]c1.c1cc[cH-]c1. The van der Waals surface area contributed by atoms with E-state index in [1.165, 1.54) is 0 Å². The van der Waals surface area contributed by atoms with E-state index in [0.717, 1.165) is 0 Å². The van der Waals surface area contributed by atoms with Crippen LogP contribution in [0.3, 0.4) is 0 Å². The predicted molar refractivity (Wildman–Crippen MR) is 70.1 cm³/mol. The summed E-state index contributed by atoms with van der Waals surface area (Å²) in [5.41, 5.74) is 0. The summed E-state index contributed by atoms with van der Waals surface area (Å²) in [4.78, 5) is 0. The van der Waals surface area contributed by atoms with Crippen LogP contribution in [0.4, 0.5) is 0 Å². The van der Waals surface area contributed by atoms with Crippen LogP contribution in [0.1, 0.15) is 6.92 Å². The molecule has 0 saturated heterocycles. The quantitative estimate of drug-likeness (QED) is 0.564. The molecule has 0 fully saturated rings. The fourth-order valence-electron chi connectivity index (χ4n) is 0.642. The summed E-state index contributed by atoms with van der Waals surface area (Å²) in [6, 6.07) is 20.0. The van der Waals surface area contributed by atoms with Crippen LogP contribution in [0.15, 0.2) is 60.7 Å². The van der Waals surface area contributed by atoms with Crippen LogP contribution in [0.2, 0.25) is 0 Å². The van der Waals surface area contributed by atoms with Gasteiger partial charge in [0.15, 0.2) is 0 Å². The molecule has 2 aromatic rings. The zero-order chi connectivity index (χ0) is 11.8. The number of hydrogen-bond acceptors (Lipinski definition) is 1. The van der Waals surface area contributed by atoms with Gasteiger partial charge in [-0.05, 0) is 14.1 Å². The summed E-state index contributed by atoms with van der Waals surface area (Å²) in [6.45, 7) is 5.00. The second-order valence-corrected chi connectivity index (χ2v) is 2.42. The molecule has 1 nitrogen and oxygen atoms in total. The van der Waals surface area contributed by atoms with E-state index in [0.29, 0.717) is 0 Å². The average Bonchev–Trinajstić information content (AvgIpc) is 3.01. The molecular formula is C14H22FeN. The van der Waals surface area contributed by atoms with Crippen molar-refractivity contribution in [2.75, 3.05) is 14.1 Å². The summed E-state index contributed by atoms with van der Waals surface area (Å²) in [6.07, 6.45) is 0. The van der Waals surface area contributed by atoms with E-state index < -0.39 is 0 Å². The molecule has 16 heavy (non-hydrogen) atoms. The molecule has 0 spiro atoms. The Morgan fingerprint density at radius 3 is 1.00 bits per heavy atom. The second kappa shape index (κ2) is 23.8. The molecule has 0 heterocycles. The average molecular weight is 260 g/mol. The molecular weight excluding hydrogens is 238 g/mol. The van der Waals surface area contributed by atoms with E-state index in [9.17, 15) is 0 Å². The molecule has 2 rings (SSSR count). The number of nitrogens with one attached hydrogen (secondary N) is 1. The van der Waals surface area contributed by atoms with Crippen LogP contribution in [0.25, 0.3) is 0 Å². The van der Waals surface area contributed by atoms with Crippen molar-refractivity contribution in [3.8, 4) is 0 Å². The molecule has 1 radical (unpaired) electrons. The Morgan fingerprint density at radius 2 is 0.938 bits per heavy atom. The fraction of sp³-hybridized carbons (Fsp3) is 0.214. The van der Waals surface area contributed by atoms with Crippen LogP contribution >= 0.6 is 0 Å². The van der Waals surface area contributed by atoms with Gasteiger partial charge in [0.1, 0.15) is 0 Å². The first-order valence-electron chi connectivity index (χ1n) is 5.04. The first kappa shape index (κ1) is 20.6. The Morgan fingerprint density at radius 1 is 0.750 bits per heavy atom. The van der Waals surface area contributed by atoms with Gasteiger partial charge in [-0.1, -0.05) is 0 Å². The molecule has 0 unspecified atom stereocenters. The van der Waals surface area contributed by atoms with Gasteiger partial charge in [-0.15, -0.1) is 0 Å². The van der Waals surface area contributed by atoms with Crippen molar-refractivity contribution in [3.63, 3.8) is 0 Å². The third-order valence-corrected chi connectivity index (χ3v) is 1.11. The molecule has 91 valence electrons. The summed E-state index contributed by atoms with van der Waals surface area (Å²) in [5.74, 6) is 0. The van der Waals surface area contributed by atoms with E-state index >= 15 is 0 Å². The van der Waals surface area contributed by atoms with Crippen LogP contribution in [-0.4, -0.2) is 14.1 Å². The van der Waals surface area contributed by atoms with Crippen molar-refractivity contribution < 1.29 is 17.1 Å². The topological polar surface area (TPSA) is 12.0 Å². The fourth-order valence-corrected chi connectivity index (χ4v) is 0.642. The van der Waals surface area contributed by atoms with Crippen LogP contribution in [-0.2, 0) is 17.1 Å². The molecule has 0 aliphatic carbocycles. The minimum atomic E-state index is 0. The Bertz CT molecular complexity index is 162. The maximum absolute atomic E-state index is 3.25. The maximum atomic E-state index is 3.25. The molecule has 0 amide bonds. The smallest absolute Gasteiger partial charge is 0.346 e. The first-order valence-corrected chi connectivity index (χ1v) is 5.04. The Balaban J connectivity index is -0.000000147. The number of rotatable bonds is 0. The van der Waals surface area contributed by atoms with Gasteiger partial charge >= 0.3 is 17.1 Å². The molecule has 0 aliphatic heterocycles. The van der Waals surface area contributed by atoms with Gasteiger partial charge in [0.25, 0.3) is 0 Å². The molecule has 0 aromatic heterocycles. The largest absolute Gasteiger partial charge is 3.00 e. The van der Waals surface area contributed by atoms with Gasteiger partial charge in [0.05, 0.1) is 0 Å². The van der Waals surface area contributed by atoms with Gasteiger partial charge in [-0.2, -0.15) is 43.3 Å². The van der Waals surface area contributed by atoms with E-state index in [1.807, 2.05) is 74.8 Å². The summed E-state index contributed by atoms with van der Waals surface area (Å²) in [5, 5.41) is 2.75. The van der Waals surface area contributed by atoms with Crippen molar-refractivity contribution in [1.29, 1.82) is 0 Å². The molecule has 2 heteroatoms. The van der Waals surface area contributed by atoms with Gasteiger partial charge in [-0.25, -0.2) is 24.3 Å². The third-order valence-electron chi connectivity index (χ3n) is 1.11. The predicted octanol–water partition coefficient (Wildman–Crippen LogP) is 3.48. The van der Waals surface area contributed by atoms with Crippen LogP contribution in [0.5, 0.6) is 0 Å². The van der Waals surface area contributed by atoms with Crippen molar-refractivity contribution >= 4 is 0 Å². The standard InChI is InChI=1S/2C5H5.C2H7N.C2H5.Fe/c2*1-2-4-5-3-1;1-3-2;1-2;/h2*1-5H;3H,1-2H3;1H2,2H3;/q2*-1;;-1;+3. The zero-order valence-corrected chi connectivity index (χ0v) is 11.4. The van der Waals surface area contributed by atoms with Gasteiger partial charge in [-0.3, -0.25) is 0 Å². The molecule has 0 saturated carbocycles. The third kappa shape index (κ3) is 23.2. The summed E-state index contributed by atoms with van der Waals surface area (Å²) in [7, 11) is 3.75. The summed E-state index contributed by atoms with van der Waals surface area (Å²) >= 11 is 0. The Labute approximate surface area is 111 Å². The van der Waals surface area contributed by atoms with Gasteiger partial charge < -0.3 is 12.2 Å². The van der Waals surface area contributed by atoms with Crippen molar-refractivity contribution in [1.82, 2.24) is 5.32 Å². The van der Waals surface area contributed by atoms with Crippen molar-refractivity contribution in [2.24, 2.45) is 0 Å². The normalized spacial score (nSPS) is 6.50. The Hall–Kier alpha value is -0.821. The Kier molecular flexibility index (Phi) is 30.6. The first-order chi connectivity index (χ1) is 7.41. The van der Waals surface area contributed by atoms with Crippen molar-refractivity contribution in [2.45, 2.75) is 6.92 Å². The number of hydrogen-bond donors (Lipinski definition) is 1.